The Morgan fingerprint density at radius 3 is 2.58 bits per heavy atom. The van der Waals surface area contributed by atoms with Gasteiger partial charge in [-0.05, 0) is 24.6 Å². The maximum atomic E-state index is 12.9. The first kappa shape index (κ1) is 16.2. The fourth-order valence-corrected chi connectivity index (χ4v) is 3.40. The molecule has 0 saturated heterocycles. The lowest BCUT2D eigenvalue weighted by molar-refractivity contribution is -0.144. The van der Waals surface area contributed by atoms with E-state index in [-0.39, 0.29) is 5.56 Å². The van der Waals surface area contributed by atoms with Gasteiger partial charge >= 0.3 is 5.97 Å². The Kier molecular flexibility index (Phi) is 4.35. The first-order valence-electron chi connectivity index (χ1n) is 7.27. The van der Waals surface area contributed by atoms with E-state index in [1.54, 1.807) is 14.0 Å². The summed E-state index contributed by atoms with van der Waals surface area (Å²) >= 11 is 1.40. The zero-order valence-corrected chi connectivity index (χ0v) is 14.3. The molecule has 0 aliphatic carbocycles. The minimum absolute atomic E-state index is 0.259. The number of nitrogens with zero attached hydrogens (tertiary/aromatic N) is 2. The zero-order valence-electron chi connectivity index (χ0n) is 13.5. The summed E-state index contributed by atoms with van der Waals surface area (Å²) < 4.78 is 11.2. The van der Waals surface area contributed by atoms with Crippen LogP contribution >= 0.6 is 11.3 Å². The van der Waals surface area contributed by atoms with Gasteiger partial charge in [0.05, 0.1) is 25.9 Å². The van der Waals surface area contributed by atoms with Gasteiger partial charge in [-0.15, -0.1) is 11.3 Å². The molecule has 0 N–H and O–H groups in total. The minimum Gasteiger partial charge on any atom is -0.497 e. The molecule has 0 unspecified atom stereocenters. The number of fused-ring (bicyclic) bond motifs is 1. The van der Waals surface area contributed by atoms with Crippen molar-refractivity contribution in [2.24, 2.45) is 0 Å². The highest BCUT2D eigenvalue weighted by molar-refractivity contribution is 7.17. The molecule has 7 heteroatoms. The number of aromatic nitrogens is 2. The highest BCUT2D eigenvalue weighted by atomic mass is 32.1. The summed E-state index contributed by atoms with van der Waals surface area (Å²) in [5, 5.41) is 2.40. The molecule has 6 nitrogen and oxygen atoms in total. The van der Waals surface area contributed by atoms with Crippen molar-refractivity contribution in [1.29, 1.82) is 0 Å². The normalized spacial score (nSPS) is 12.1. The molecule has 0 aliphatic heterocycles. The summed E-state index contributed by atoms with van der Waals surface area (Å²) in [4.78, 5) is 29.6. The number of rotatable bonds is 4. The maximum absolute atomic E-state index is 12.9. The SMILES string of the molecule is COC(=O)[C@H](C)n1cnc2scc(-c3ccc(OC)cc3)c2c1=O. The van der Waals surface area contributed by atoms with Gasteiger partial charge in [0.2, 0.25) is 0 Å². The number of methoxy groups -OCH3 is 2. The van der Waals surface area contributed by atoms with Crippen molar-refractivity contribution in [2.45, 2.75) is 13.0 Å². The van der Waals surface area contributed by atoms with Crippen LogP contribution in [0.3, 0.4) is 0 Å². The van der Waals surface area contributed by atoms with Crippen LogP contribution in [-0.4, -0.2) is 29.7 Å². The molecule has 0 amide bonds. The molecule has 0 fully saturated rings. The van der Waals surface area contributed by atoms with Gasteiger partial charge in [-0.3, -0.25) is 9.36 Å². The molecule has 24 heavy (non-hydrogen) atoms. The van der Waals surface area contributed by atoms with Gasteiger partial charge in [0.25, 0.3) is 5.56 Å². The maximum Gasteiger partial charge on any atom is 0.328 e. The summed E-state index contributed by atoms with van der Waals surface area (Å²) in [6.45, 7) is 1.61. The molecule has 3 aromatic rings. The lowest BCUT2D eigenvalue weighted by Crippen LogP contribution is -2.29. The van der Waals surface area contributed by atoms with Gasteiger partial charge < -0.3 is 9.47 Å². The van der Waals surface area contributed by atoms with E-state index >= 15 is 0 Å². The van der Waals surface area contributed by atoms with E-state index < -0.39 is 12.0 Å². The molecule has 1 atom stereocenters. The molecule has 2 heterocycles. The van der Waals surface area contributed by atoms with Crippen molar-refractivity contribution in [2.75, 3.05) is 14.2 Å². The van der Waals surface area contributed by atoms with Crippen LogP contribution in [0.2, 0.25) is 0 Å². The van der Waals surface area contributed by atoms with Gasteiger partial charge in [-0.2, -0.15) is 0 Å². The number of esters is 1. The van der Waals surface area contributed by atoms with Gasteiger partial charge in [-0.1, -0.05) is 12.1 Å². The van der Waals surface area contributed by atoms with Crippen LogP contribution in [0.15, 0.2) is 40.8 Å². The molecule has 0 bridgehead atoms. The summed E-state index contributed by atoms with van der Waals surface area (Å²) in [5.74, 6) is 0.257. The quantitative estimate of drug-likeness (QED) is 0.681. The summed E-state index contributed by atoms with van der Waals surface area (Å²) in [6, 6.07) is 6.72. The van der Waals surface area contributed by atoms with Gasteiger partial charge in [0.15, 0.2) is 0 Å². The van der Waals surface area contributed by atoms with E-state index in [4.69, 9.17) is 9.47 Å². The Labute approximate surface area is 142 Å². The van der Waals surface area contributed by atoms with Crippen LogP contribution < -0.4 is 10.3 Å². The molecule has 124 valence electrons. The van der Waals surface area contributed by atoms with Crippen molar-refractivity contribution >= 4 is 27.5 Å². The highest BCUT2D eigenvalue weighted by Crippen LogP contribution is 2.31. The Morgan fingerprint density at radius 2 is 1.96 bits per heavy atom. The Bertz CT molecular complexity index is 943. The first-order chi connectivity index (χ1) is 11.6. The predicted molar refractivity (Wildman–Crippen MR) is 92.6 cm³/mol. The third-order valence-corrected chi connectivity index (χ3v) is 4.77. The van der Waals surface area contributed by atoms with Crippen molar-refractivity contribution in [3.05, 3.63) is 46.3 Å². The summed E-state index contributed by atoms with van der Waals surface area (Å²) in [7, 11) is 2.90. The lowest BCUT2D eigenvalue weighted by Gasteiger charge is -2.12. The smallest absolute Gasteiger partial charge is 0.328 e. The van der Waals surface area contributed by atoms with Gasteiger partial charge in [-0.25, -0.2) is 9.78 Å². The largest absolute Gasteiger partial charge is 0.497 e. The van der Waals surface area contributed by atoms with Gasteiger partial charge in [0.1, 0.15) is 16.6 Å². The number of carbonyl (C=O) groups is 1. The lowest BCUT2D eigenvalue weighted by atomic mass is 10.1. The molecule has 0 spiro atoms. The average Bonchev–Trinajstić information content (AvgIpc) is 3.06. The summed E-state index contributed by atoms with van der Waals surface area (Å²) in [6.07, 6.45) is 1.39. The van der Waals surface area contributed by atoms with E-state index in [0.717, 1.165) is 16.9 Å². The molecular formula is C17H16N2O4S. The number of benzene rings is 1. The van der Waals surface area contributed by atoms with Crippen LogP contribution in [-0.2, 0) is 9.53 Å². The van der Waals surface area contributed by atoms with Crippen LogP contribution in [0.1, 0.15) is 13.0 Å². The second-order valence-electron chi connectivity index (χ2n) is 5.21. The van der Waals surface area contributed by atoms with E-state index in [9.17, 15) is 9.59 Å². The minimum atomic E-state index is -0.733. The Morgan fingerprint density at radius 1 is 1.25 bits per heavy atom. The van der Waals surface area contributed by atoms with Gasteiger partial charge in [0, 0.05) is 10.9 Å². The van der Waals surface area contributed by atoms with Crippen LogP contribution in [0.25, 0.3) is 21.3 Å². The highest BCUT2D eigenvalue weighted by Gasteiger charge is 2.20. The molecule has 2 aromatic heterocycles. The third-order valence-electron chi connectivity index (χ3n) is 3.88. The Balaban J connectivity index is 2.16. The molecule has 0 aliphatic rings. The number of thiophene rings is 1. The van der Waals surface area contributed by atoms with Crippen molar-refractivity contribution in [3.8, 4) is 16.9 Å². The van der Waals surface area contributed by atoms with Crippen molar-refractivity contribution in [3.63, 3.8) is 0 Å². The number of hydrogen-bond acceptors (Lipinski definition) is 6. The van der Waals surface area contributed by atoms with Crippen LogP contribution in [0.5, 0.6) is 5.75 Å². The fourth-order valence-electron chi connectivity index (χ4n) is 2.49. The molecule has 0 saturated carbocycles. The predicted octanol–water partition coefficient (Wildman–Crippen LogP) is 2.87. The standard InChI is InChI=1S/C17H16N2O4S/c1-10(17(21)23-3)19-9-18-15-14(16(19)20)13(8-24-15)11-4-6-12(22-2)7-5-11/h4-10H,1-3H3/t10-/m0/s1. The molecule has 3 rings (SSSR count). The monoisotopic (exact) mass is 344 g/mol. The van der Waals surface area contributed by atoms with Crippen LogP contribution in [0.4, 0.5) is 0 Å². The second-order valence-corrected chi connectivity index (χ2v) is 6.07. The average molecular weight is 344 g/mol. The zero-order chi connectivity index (χ0) is 17.3. The topological polar surface area (TPSA) is 70.4 Å². The van der Waals surface area contributed by atoms with Crippen LogP contribution in [0, 0.1) is 0 Å². The van der Waals surface area contributed by atoms with E-state index in [0.29, 0.717) is 10.2 Å². The Hall–Kier alpha value is -2.67. The molecule has 1 aromatic carbocycles. The second kappa shape index (κ2) is 6.45. The van der Waals surface area contributed by atoms with Crippen molar-refractivity contribution in [1.82, 2.24) is 9.55 Å². The number of ether oxygens (including phenoxy) is 2. The van der Waals surface area contributed by atoms with Crippen molar-refractivity contribution < 1.29 is 14.3 Å². The third kappa shape index (κ3) is 2.67. The fraction of sp³-hybridized carbons (Fsp3) is 0.235. The number of carbonyl (C=O) groups excluding carboxylic acids is 1. The van der Waals surface area contributed by atoms with E-state index in [2.05, 4.69) is 4.98 Å². The molecule has 0 radical (unpaired) electrons. The summed E-state index contributed by atoms with van der Waals surface area (Å²) in [5.41, 5.74) is 1.43. The molecular weight excluding hydrogens is 328 g/mol. The van der Waals surface area contributed by atoms with E-state index in [1.807, 2.05) is 29.6 Å². The first-order valence-corrected chi connectivity index (χ1v) is 8.15. The van der Waals surface area contributed by atoms with E-state index in [1.165, 1.54) is 29.3 Å². The number of hydrogen-bond donors (Lipinski definition) is 0.